The lowest BCUT2D eigenvalue weighted by molar-refractivity contribution is -0.122. The van der Waals surface area contributed by atoms with Gasteiger partial charge < -0.3 is 15.7 Å². The second-order valence-electron chi connectivity index (χ2n) is 8.12. The molecular formula is C19H38N2O2. The van der Waals surface area contributed by atoms with Gasteiger partial charge in [-0.3, -0.25) is 4.79 Å². The molecule has 0 aliphatic heterocycles. The summed E-state index contributed by atoms with van der Waals surface area (Å²) in [5.41, 5.74) is 0. The second-order valence-corrected chi connectivity index (χ2v) is 8.12. The molecule has 1 aliphatic rings. The molecule has 1 saturated carbocycles. The normalized spacial score (nSPS) is 19.1. The highest BCUT2D eigenvalue weighted by atomic mass is 16.3. The van der Waals surface area contributed by atoms with E-state index in [4.69, 9.17) is 0 Å². The second kappa shape index (κ2) is 11.0. The number of carbonyl (C=O) groups excluding carboxylic acids is 1. The fourth-order valence-corrected chi connectivity index (χ4v) is 3.35. The van der Waals surface area contributed by atoms with Gasteiger partial charge in [0, 0.05) is 19.0 Å². The standard InChI is InChI=1S/C19H38N2O2/c1-14(2)10-19(23)21-13-18(22)17(20-12-15(3)4)11-16-8-6-5-7-9-16/h14-18,20,22H,5-13H2,1-4H3,(H,21,23)/t17-,18+/m0/s1. The Morgan fingerprint density at radius 2 is 1.70 bits per heavy atom. The van der Waals surface area contributed by atoms with Crippen LogP contribution in [0.1, 0.15) is 72.6 Å². The average molecular weight is 327 g/mol. The van der Waals surface area contributed by atoms with E-state index in [0.717, 1.165) is 18.9 Å². The summed E-state index contributed by atoms with van der Waals surface area (Å²) >= 11 is 0. The molecule has 0 radical (unpaired) electrons. The Kier molecular flexibility index (Phi) is 9.80. The van der Waals surface area contributed by atoms with Crippen LogP contribution in [-0.2, 0) is 4.79 Å². The van der Waals surface area contributed by atoms with Gasteiger partial charge in [0.1, 0.15) is 0 Å². The van der Waals surface area contributed by atoms with Crippen LogP contribution in [0.4, 0.5) is 0 Å². The number of rotatable bonds is 10. The van der Waals surface area contributed by atoms with E-state index >= 15 is 0 Å². The topological polar surface area (TPSA) is 61.4 Å². The molecule has 4 nitrogen and oxygen atoms in total. The largest absolute Gasteiger partial charge is 0.390 e. The van der Waals surface area contributed by atoms with Crippen molar-refractivity contribution in [1.29, 1.82) is 0 Å². The van der Waals surface area contributed by atoms with Crippen molar-refractivity contribution in [2.45, 2.75) is 84.8 Å². The summed E-state index contributed by atoms with van der Waals surface area (Å²) in [5.74, 6) is 1.67. The van der Waals surface area contributed by atoms with E-state index in [0.29, 0.717) is 24.8 Å². The van der Waals surface area contributed by atoms with Crippen LogP contribution in [0.2, 0.25) is 0 Å². The van der Waals surface area contributed by atoms with E-state index in [2.05, 4.69) is 24.5 Å². The van der Waals surface area contributed by atoms with Crippen LogP contribution in [-0.4, -0.2) is 36.2 Å². The summed E-state index contributed by atoms with van der Waals surface area (Å²) in [4.78, 5) is 11.8. The van der Waals surface area contributed by atoms with E-state index in [1.54, 1.807) is 0 Å². The van der Waals surface area contributed by atoms with E-state index in [1.165, 1.54) is 32.1 Å². The van der Waals surface area contributed by atoms with Crippen LogP contribution < -0.4 is 10.6 Å². The number of hydrogen-bond acceptors (Lipinski definition) is 3. The highest BCUT2D eigenvalue weighted by Gasteiger charge is 2.24. The van der Waals surface area contributed by atoms with Gasteiger partial charge >= 0.3 is 0 Å². The molecular weight excluding hydrogens is 288 g/mol. The Labute approximate surface area is 142 Å². The van der Waals surface area contributed by atoms with Crippen molar-refractivity contribution in [1.82, 2.24) is 10.6 Å². The monoisotopic (exact) mass is 326 g/mol. The van der Waals surface area contributed by atoms with Crippen molar-refractivity contribution in [2.75, 3.05) is 13.1 Å². The SMILES string of the molecule is CC(C)CN[C@@H](CC1CCCCC1)[C@H](O)CNC(=O)CC(C)C. The zero-order chi connectivity index (χ0) is 17.2. The molecule has 0 heterocycles. The molecule has 0 saturated heterocycles. The molecule has 1 fully saturated rings. The molecule has 0 spiro atoms. The van der Waals surface area contributed by atoms with Crippen molar-refractivity contribution >= 4 is 5.91 Å². The van der Waals surface area contributed by atoms with Gasteiger partial charge in [0.2, 0.25) is 5.91 Å². The molecule has 0 aromatic heterocycles. The summed E-state index contributed by atoms with van der Waals surface area (Å²) in [6.07, 6.45) is 7.61. The first-order valence-corrected chi connectivity index (χ1v) is 9.56. The van der Waals surface area contributed by atoms with Gasteiger partial charge in [0.15, 0.2) is 0 Å². The Balaban J connectivity index is 2.46. The minimum atomic E-state index is -0.508. The molecule has 0 aromatic carbocycles. The number of hydrogen-bond donors (Lipinski definition) is 3. The predicted molar refractivity (Wildman–Crippen MR) is 96.3 cm³/mol. The number of amides is 1. The fourth-order valence-electron chi connectivity index (χ4n) is 3.35. The van der Waals surface area contributed by atoms with E-state index < -0.39 is 6.10 Å². The minimum absolute atomic E-state index is 0.0410. The van der Waals surface area contributed by atoms with Gasteiger partial charge in [-0.15, -0.1) is 0 Å². The molecule has 3 N–H and O–H groups in total. The third-order valence-corrected chi connectivity index (χ3v) is 4.67. The molecule has 0 bridgehead atoms. The van der Waals surface area contributed by atoms with Crippen molar-refractivity contribution in [3.05, 3.63) is 0 Å². The Hall–Kier alpha value is -0.610. The van der Waals surface area contributed by atoms with Gasteiger partial charge in [-0.05, 0) is 30.7 Å². The summed E-state index contributed by atoms with van der Waals surface area (Å²) in [6.45, 7) is 9.70. The lowest BCUT2D eigenvalue weighted by Gasteiger charge is -2.31. The molecule has 23 heavy (non-hydrogen) atoms. The van der Waals surface area contributed by atoms with Crippen LogP contribution in [0.15, 0.2) is 0 Å². The summed E-state index contributed by atoms with van der Waals surface area (Å²) in [7, 11) is 0. The number of nitrogens with one attached hydrogen (secondary N) is 2. The molecule has 1 aliphatic carbocycles. The van der Waals surface area contributed by atoms with Gasteiger partial charge in [0.25, 0.3) is 0 Å². The summed E-state index contributed by atoms with van der Waals surface area (Å²) in [6, 6.07) is 0.0832. The number of aliphatic hydroxyl groups excluding tert-OH is 1. The zero-order valence-electron chi connectivity index (χ0n) is 15.6. The van der Waals surface area contributed by atoms with Gasteiger partial charge in [-0.1, -0.05) is 59.8 Å². The molecule has 0 aromatic rings. The minimum Gasteiger partial charge on any atom is -0.390 e. The van der Waals surface area contributed by atoms with Crippen LogP contribution in [0, 0.1) is 17.8 Å². The molecule has 2 atom stereocenters. The predicted octanol–water partition coefficient (Wildman–Crippen LogP) is 3.09. The van der Waals surface area contributed by atoms with Crippen LogP contribution in [0.3, 0.4) is 0 Å². The van der Waals surface area contributed by atoms with E-state index in [9.17, 15) is 9.90 Å². The maximum atomic E-state index is 11.8. The zero-order valence-corrected chi connectivity index (χ0v) is 15.6. The van der Waals surface area contributed by atoms with E-state index in [-0.39, 0.29) is 11.9 Å². The molecule has 136 valence electrons. The van der Waals surface area contributed by atoms with Crippen molar-refractivity contribution in [3.8, 4) is 0 Å². The Bertz CT molecular complexity index is 325. The number of carbonyl (C=O) groups is 1. The maximum Gasteiger partial charge on any atom is 0.220 e. The van der Waals surface area contributed by atoms with Gasteiger partial charge in [-0.2, -0.15) is 0 Å². The van der Waals surface area contributed by atoms with Crippen LogP contribution >= 0.6 is 0 Å². The van der Waals surface area contributed by atoms with Gasteiger partial charge in [0.05, 0.1) is 6.10 Å². The Morgan fingerprint density at radius 1 is 1.04 bits per heavy atom. The first kappa shape index (κ1) is 20.4. The fraction of sp³-hybridized carbons (Fsp3) is 0.947. The lowest BCUT2D eigenvalue weighted by Crippen LogP contribution is -2.48. The van der Waals surface area contributed by atoms with Crippen LogP contribution in [0.25, 0.3) is 0 Å². The average Bonchev–Trinajstić information content (AvgIpc) is 2.49. The van der Waals surface area contributed by atoms with Crippen molar-refractivity contribution in [2.24, 2.45) is 17.8 Å². The summed E-state index contributed by atoms with van der Waals surface area (Å²) in [5, 5.41) is 17.0. The lowest BCUT2D eigenvalue weighted by atomic mass is 9.83. The van der Waals surface area contributed by atoms with Crippen molar-refractivity contribution in [3.63, 3.8) is 0 Å². The smallest absolute Gasteiger partial charge is 0.220 e. The highest BCUT2D eigenvalue weighted by Crippen LogP contribution is 2.28. The molecule has 4 heteroatoms. The van der Waals surface area contributed by atoms with Crippen molar-refractivity contribution < 1.29 is 9.90 Å². The third-order valence-electron chi connectivity index (χ3n) is 4.67. The van der Waals surface area contributed by atoms with E-state index in [1.807, 2.05) is 13.8 Å². The first-order chi connectivity index (χ1) is 10.9. The van der Waals surface area contributed by atoms with Gasteiger partial charge in [-0.25, -0.2) is 0 Å². The summed E-state index contributed by atoms with van der Waals surface area (Å²) < 4.78 is 0. The number of aliphatic hydroxyl groups is 1. The first-order valence-electron chi connectivity index (χ1n) is 9.56. The third kappa shape index (κ3) is 9.31. The molecule has 0 unspecified atom stereocenters. The van der Waals surface area contributed by atoms with Crippen LogP contribution in [0.5, 0.6) is 0 Å². The molecule has 1 amide bonds. The highest BCUT2D eigenvalue weighted by molar-refractivity contribution is 5.76. The molecule has 1 rings (SSSR count). The quantitative estimate of drug-likeness (QED) is 0.578. The Morgan fingerprint density at radius 3 is 2.26 bits per heavy atom. The maximum absolute atomic E-state index is 11.8.